The van der Waals surface area contributed by atoms with Crippen LogP contribution in [0.2, 0.25) is 0 Å². The number of hydrogen-bond donors (Lipinski definition) is 1. The molecule has 1 aromatic rings. The van der Waals surface area contributed by atoms with Gasteiger partial charge in [0.05, 0.1) is 19.3 Å². The SMILES string of the molecule is Cc1nc(C(C)C)nc2c1COCC1[C@H]3CC[C@@H](CN21)N3. The molecule has 0 radical (unpaired) electrons. The van der Waals surface area contributed by atoms with E-state index in [1.807, 2.05) is 0 Å². The van der Waals surface area contributed by atoms with Gasteiger partial charge in [0.15, 0.2) is 0 Å². The molecule has 0 spiro atoms. The van der Waals surface area contributed by atoms with E-state index in [1.165, 1.54) is 18.4 Å². The van der Waals surface area contributed by atoms with E-state index in [4.69, 9.17) is 9.72 Å². The summed E-state index contributed by atoms with van der Waals surface area (Å²) >= 11 is 0. The number of fused-ring (bicyclic) bond motifs is 6. The fourth-order valence-corrected chi connectivity index (χ4v) is 3.89. The van der Waals surface area contributed by atoms with Crippen LogP contribution in [0.3, 0.4) is 0 Å². The number of nitrogens with one attached hydrogen (secondary N) is 1. The number of piperazine rings is 1. The topological polar surface area (TPSA) is 50.3 Å². The van der Waals surface area contributed by atoms with Gasteiger partial charge < -0.3 is 15.0 Å². The second-order valence-corrected chi connectivity index (χ2v) is 6.91. The van der Waals surface area contributed by atoms with Gasteiger partial charge in [-0.15, -0.1) is 0 Å². The summed E-state index contributed by atoms with van der Waals surface area (Å²) in [6, 6.07) is 1.57. The Kier molecular flexibility index (Phi) is 3.15. The minimum Gasteiger partial charge on any atom is -0.374 e. The Balaban J connectivity index is 1.81. The predicted octanol–water partition coefficient (Wildman–Crippen LogP) is 1.75. The fourth-order valence-electron chi connectivity index (χ4n) is 3.89. The zero-order valence-electron chi connectivity index (χ0n) is 13.1. The van der Waals surface area contributed by atoms with Crippen molar-refractivity contribution in [2.24, 2.45) is 0 Å². The van der Waals surface area contributed by atoms with Crippen molar-refractivity contribution < 1.29 is 4.74 Å². The zero-order chi connectivity index (χ0) is 14.6. The van der Waals surface area contributed by atoms with Gasteiger partial charge in [-0.25, -0.2) is 9.97 Å². The minimum absolute atomic E-state index is 0.358. The van der Waals surface area contributed by atoms with Gasteiger partial charge in [-0.05, 0) is 19.8 Å². The van der Waals surface area contributed by atoms with E-state index >= 15 is 0 Å². The first kappa shape index (κ1) is 13.5. The maximum absolute atomic E-state index is 5.96. The summed E-state index contributed by atoms with van der Waals surface area (Å²) in [6.07, 6.45) is 2.53. The van der Waals surface area contributed by atoms with E-state index in [0.717, 1.165) is 30.5 Å². The third kappa shape index (κ3) is 2.14. The van der Waals surface area contributed by atoms with Gasteiger partial charge in [-0.1, -0.05) is 13.8 Å². The standard InChI is InChI=1S/C16H24N4O/c1-9(2)15-17-10(3)12-7-21-8-14-13-5-4-11(18-13)6-20(14)16(12)19-15/h9,11,13-14,18H,4-8H2,1-3H3/t11-,13+,14?/m0/s1. The molecule has 114 valence electrons. The van der Waals surface area contributed by atoms with Gasteiger partial charge in [-0.3, -0.25) is 0 Å². The number of ether oxygens (including phenoxy) is 1. The lowest BCUT2D eigenvalue weighted by Crippen LogP contribution is -2.59. The Bertz CT molecular complexity index is 559. The van der Waals surface area contributed by atoms with E-state index in [-0.39, 0.29) is 0 Å². The summed E-state index contributed by atoms with van der Waals surface area (Å²) < 4.78 is 5.96. The molecule has 1 aromatic heterocycles. The zero-order valence-corrected chi connectivity index (χ0v) is 13.1. The normalized spacial score (nSPS) is 31.0. The lowest BCUT2D eigenvalue weighted by Gasteiger charge is -2.40. The second-order valence-electron chi connectivity index (χ2n) is 6.91. The van der Waals surface area contributed by atoms with Crippen LogP contribution in [0.4, 0.5) is 5.82 Å². The van der Waals surface area contributed by atoms with E-state index < -0.39 is 0 Å². The quantitative estimate of drug-likeness (QED) is 0.853. The molecule has 5 nitrogen and oxygen atoms in total. The Hall–Kier alpha value is -1.20. The lowest BCUT2D eigenvalue weighted by atomic mass is 10.1. The van der Waals surface area contributed by atoms with Crippen LogP contribution in [0.1, 0.15) is 49.7 Å². The molecule has 21 heavy (non-hydrogen) atoms. The lowest BCUT2D eigenvalue weighted by molar-refractivity contribution is 0.100. The molecule has 3 atom stereocenters. The van der Waals surface area contributed by atoms with Crippen molar-refractivity contribution in [3.05, 3.63) is 17.1 Å². The third-order valence-electron chi connectivity index (χ3n) is 5.09. The summed E-state index contributed by atoms with van der Waals surface area (Å²) in [5.41, 5.74) is 2.26. The van der Waals surface area contributed by atoms with E-state index in [0.29, 0.717) is 30.7 Å². The Morgan fingerprint density at radius 2 is 2.14 bits per heavy atom. The minimum atomic E-state index is 0.358. The maximum Gasteiger partial charge on any atom is 0.138 e. The molecule has 0 aromatic carbocycles. The van der Waals surface area contributed by atoms with Gasteiger partial charge in [0.1, 0.15) is 11.6 Å². The fraction of sp³-hybridized carbons (Fsp3) is 0.750. The molecule has 5 heteroatoms. The summed E-state index contributed by atoms with van der Waals surface area (Å²) in [5.74, 6) is 2.45. The molecule has 4 heterocycles. The molecule has 3 aliphatic heterocycles. The Labute approximate surface area is 126 Å². The molecule has 4 rings (SSSR count). The van der Waals surface area contributed by atoms with Crippen molar-refractivity contribution >= 4 is 5.82 Å². The number of rotatable bonds is 1. The van der Waals surface area contributed by atoms with Crippen molar-refractivity contribution in [1.82, 2.24) is 15.3 Å². The maximum atomic E-state index is 5.96. The van der Waals surface area contributed by atoms with Gasteiger partial charge in [0, 0.05) is 35.8 Å². The highest BCUT2D eigenvalue weighted by Crippen LogP contribution is 2.35. The summed E-state index contributed by atoms with van der Waals surface area (Å²) in [6.45, 7) is 8.89. The molecule has 0 aliphatic carbocycles. The molecule has 0 saturated carbocycles. The first-order chi connectivity index (χ1) is 10.1. The third-order valence-corrected chi connectivity index (χ3v) is 5.09. The van der Waals surface area contributed by atoms with E-state index in [2.05, 4.69) is 36.0 Å². The highest BCUT2D eigenvalue weighted by molar-refractivity contribution is 5.52. The van der Waals surface area contributed by atoms with Crippen molar-refractivity contribution in [2.45, 2.75) is 64.3 Å². The Morgan fingerprint density at radius 3 is 2.95 bits per heavy atom. The van der Waals surface area contributed by atoms with Crippen molar-refractivity contribution in [3.63, 3.8) is 0 Å². The van der Waals surface area contributed by atoms with Gasteiger partial charge in [-0.2, -0.15) is 0 Å². The number of anilines is 1. The highest BCUT2D eigenvalue weighted by atomic mass is 16.5. The van der Waals surface area contributed by atoms with Crippen LogP contribution in [-0.4, -0.2) is 41.2 Å². The van der Waals surface area contributed by atoms with Crippen LogP contribution in [0.15, 0.2) is 0 Å². The molecule has 2 saturated heterocycles. The smallest absolute Gasteiger partial charge is 0.138 e. The molecule has 1 unspecified atom stereocenters. The molecule has 3 aliphatic rings. The van der Waals surface area contributed by atoms with Crippen LogP contribution < -0.4 is 10.2 Å². The largest absolute Gasteiger partial charge is 0.374 e. The van der Waals surface area contributed by atoms with Gasteiger partial charge in [0.2, 0.25) is 0 Å². The van der Waals surface area contributed by atoms with Crippen LogP contribution in [0, 0.1) is 6.92 Å². The monoisotopic (exact) mass is 288 g/mol. The van der Waals surface area contributed by atoms with Crippen molar-refractivity contribution in [2.75, 3.05) is 18.1 Å². The number of aryl methyl sites for hydroxylation is 1. The number of aromatic nitrogens is 2. The summed E-state index contributed by atoms with van der Waals surface area (Å²) in [5, 5.41) is 3.74. The number of nitrogens with zero attached hydrogens (tertiary/aromatic N) is 3. The first-order valence-corrected chi connectivity index (χ1v) is 8.11. The van der Waals surface area contributed by atoms with Crippen molar-refractivity contribution in [3.8, 4) is 0 Å². The average Bonchev–Trinajstić information content (AvgIpc) is 2.73. The molecule has 2 bridgehead atoms. The molecule has 1 N–H and O–H groups in total. The predicted molar refractivity (Wildman–Crippen MR) is 81.6 cm³/mol. The molecular weight excluding hydrogens is 264 g/mol. The van der Waals surface area contributed by atoms with Gasteiger partial charge in [0.25, 0.3) is 0 Å². The van der Waals surface area contributed by atoms with E-state index in [9.17, 15) is 0 Å². The Morgan fingerprint density at radius 1 is 1.29 bits per heavy atom. The van der Waals surface area contributed by atoms with Gasteiger partial charge >= 0.3 is 0 Å². The molecule has 2 fully saturated rings. The summed E-state index contributed by atoms with van der Waals surface area (Å²) in [7, 11) is 0. The second kappa shape index (κ2) is 4.92. The summed E-state index contributed by atoms with van der Waals surface area (Å²) in [4.78, 5) is 12.1. The molecule has 0 amide bonds. The van der Waals surface area contributed by atoms with Crippen LogP contribution in [0.25, 0.3) is 0 Å². The highest BCUT2D eigenvalue weighted by Gasteiger charge is 2.42. The van der Waals surface area contributed by atoms with Crippen LogP contribution in [0.5, 0.6) is 0 Å². The van der Waals surface area contributed by atoms with Crippen LogP contribution in [-0.2, 0) is 11.3 Å². The first-order valence-electron chi connectivity index (χ1n) is 8.11. The molecular formula is C16H24N4O. The van der Waals surface area contributed by atoms with Crippen LogP contribution >= 0.6 is 0 Å². The average molecular weight is 288 g/mol. The van der Waals surface area contributed by atoms with Crippen molar-refractivity contribution in [1.29, 1.82) is 0 Å². The van der Waals surface area contributed by atoms with E-state index in [1.54, 1.807) is 0 Å². The number of hydrogen-bond acceptors (Lipinski definition) is 5.